The van der Waals surface area contributed by atoms with Crippen molar-refractivity contribution in [2.75, 3.05) is 6.54 Å². The molecule has 0 unspecified atom stereocenters. The summed E-state index contributed by atoms with van der Waals surface area (Å²) >= 11 is 0. The Morgan fingerprint density at radius 1 is 1.24 bits per heavy atom. The molecular weight excluding hydrogens is 268 g/mol. The van der Waals surface area contributed by atoms with Crippen LogP contribution in [0.5, 0.6) is 0 Å². The normalized spacial score (nSPS) is 23.7. The molecule has 108 valence electrons. The van der Waals surface area contributed by atoms with E-state index in [-0.39, 0.29) is 17.5 Å². The van der Waals surface area contributed by atoms with Crippen molar-refractivity contribution in [2.45, 2.75) is 25.8 Å². The van der Waals surface area contributed by atoms with Crippen LogP contribution < -0.4 is 0 Å². The third-order valence-electron chi connectivity index (χ3n) is 3.90. The molecule has 3 rings (SSSR count). The molecule has 21 heavy (non-hydrogen) atoms. The lowest BCUT2D eigenvalue weighted by Gasteiger charge is -2.36. The zero-order valence-electron chi connectivity index (χ0n) is 11.8. The monoisotopic (exact) mass is 284 g/mol. The number of carbonyl (C=O) groups is 3. The molecule has 2 saturated heterocycles. The van der Waals surface area contributed by atoms with E-state index in [1.54, 1.807) is 11.0 Å². The highest BCUT2D eigenvalue weighted by atomic mass is 16.2. The van der Waals surface area contributed by atoms with Gasteiger partial charge in [0, 0.05) is 13.5 Å². The average Bonchev–Trinajstić information content (AvgIpc) is 2.95. The topological polar surface area (TPSA) is 57.7 Å². The van der Waals surface area contributed by atoms with E-state index in [0.29, 0.717) is 13.0 Å². The second kappa shape index (κ2) is 5.16. The van der Waals surface area contributed by atoms with Crippen LogP contribution in [-0.2, 0) is 14.4 Å². The first-order valence-electron chi connectivity index (χ1n) is 7.02. The van der Waals surface area contributed by atoms with Crippen LogP contribution in [0.15, 0.2) is 36.0 Å². The SMILES string of the molecule is CC(=O)N1C(=O)[C@@H]2CCCN2C(=O)/C1=C/c1ccccc1. The van der Waals surface area contributed by atoms with E-state index in [1.807, 2.05) is 30.3 Å². The van der Waals surface area contributed by atoms with Crippen molar-refractivity contribution in [3.05, 3.63) is 41.6 Å². The number of rotatable bonds is 1. The quantitative estimate of drug-likeness (QED) is 0.733. The van der Waals surface area contributed by atoms with Crippen LogP contribution in [0.25, 0.3) is 6.08 Å². The third-order valence-corrected chi connectivity index (χ3v) is 3.90. The molecule has 0 radical (unpaired) electrons. The van der Waals surface area contributed by atoms with Gasteiger partial charge < -0.3 is 4.90 Å². The van der Waals surface area contributed by atoms with Crippen LogP contribution in [0, 0.1) is 0 Å². The maximum Gasteiger partial charge on any atom is 0.271 e. The van der Waals surface area contributed by atoms with E-state index in [0.717, 1.165) is 16.9 Å². The Hall–Kier alpha value is -2.43. The maximum absolute atomic E-state index is 12.6. The summed E-state index contributed by atoms with van der Waals surface area (Å²) in [5.41, 5.74) is 0.939. The average molecular weight is 284 g/mol. The number of fused-ring (bicyclic) bond motifs is 1. The molecule has 0 bridgehead atoms. The number of amides is 3. The summed E-state index contributed by atoms with van der Waals surface area (Å²) in [4.78, 5) is 39.5. The summed E-state index contributed by atoms with van der Waals surface area (Å²) in [7, 11) is 0. The fraction of sp³-hybridized carbons (Fsp3) is 0.312. The molecular formula is C16H16N2O3. The first kappa shape index (κ1) is 13.5. The van der Waals surface area contributed by atoms with Gasteiger partial charge in [-0.2, -0.15) is 0 Å². The van der Waals surface area contributed by atoms with Crippen LogP contribution in [0.4, 0.5) is 0 Å². The number of hydrogen-bond donors (Lipinski definition) is 0. The molecule has 5 nitrogen and oxygen atoms in total. The fourth-order valence-electron chi connectivity index (χ4n) is 2.94. The Labute approximate surface area is 122 Å². The minimum Gasteiger partial charge on any atom is -0.325 e. The zero-order chi connectivity index (χ0) is 15.0. The molecule has 2 aliphatic rings. The van der Waals surface area contributed by atoms with E-state index >= 15 is 0 Å². The lowest BCUT2D eigenvalue weighted by atomic mass is 10.1. The van der Waals surface area contributed by atoms with E-state index in [1.165, 1.54) is 6.92 Å². The number of carbonyl (C=O) groups excluding carboxylic acids is 3. The van der Waals surface area contributed by atoms with Gasteiger partial charge in [-0.15, -0.1) is 0 Å². The predicted molar refractivity (Wildman–Crippen MR) is 76.7 cm³/mol. The molecule has 2 heterocycles. The molecule has 0 saturated carbocycles. The summed E-state index contributed by atoms with van der Waals surface area (Å²) in [6.07, 6.45) is 3.04. The van der Waals surface area contributed by atoms with Crippen molar-refractivity contribution in [3.8, 4) is 0 Å². The Balaban J connectivity index is 2.06. The largest absolute Gasteiger partial charge is 0.325 e. The van der Waals surface area contributed by atoms with Crippen LogP contribution in [0.2, 0.25) is 0 Å². The Morgan fingerprint density at radius 2 is 1.95 bits per heavy atom. The molecule has 1 atom stereocenters. The second-order valence-electron chi connectivity index (χ2n) is 5.29. The molecule has 5 heteroatoms. The molecule has 2 fully saturated rings. The molecule has 3 amide bonds. The summed E-state index contributed by atoms with van der Waals surface area (Å²) in [5, 5.41) is 0. The van der Waals surface area contributed by atoms with Gasteiger partial charge in [0.05, 0.1) is 0 Å². The van der Waals surface area contributed by atoms with Gasteiger partial charge in [0.1, 0.15) is 11.7 Å². The van der Waals surface area contributed by atoms with Crippen molar-refractivity contribution in [3.63, 3.8) is 0 Å². The highest BCUT2D eigenvalue weighted by Crippen LogP contribution is 2.29. The number of imide groups is 1. The third kappa shape index (κ3) is 2.24. The summed E-state index contributed by atoms with van der Waals surface area (Å²) in [6, 6.07) is 8.75. The van der Waals surface area contributed by atoms with Crippen molar-refractivity contribution in [1.82, 2.24) is 9.80 Å². The Morgan fingerprint density at radius 3 is 2.62 bits per heavy atom. The minimum atomic E-state index is -0.477. The summed E-state index contributed by atoms with van der Waals surface area (Å²) in [5.74, 6) is -0.944. The summed E-state index contributed by atoms with van der Waals surface area (Å²) in [6.45, 7) is 1.89. The molecule has 0 N–H and O–H groups in total. The number of piperazine rings is 1. The molecule has 1 aromatic rings. The van der Waals surface area contributed by atoms with E-state index in [4.69, 9.17) is 0 Å². The highest BCUT2D eigenvalue weighted by Gasteiger charge is 2.46. The maximum atomic E-state index is 12.6. The van der Waals surface area contributed by atoms with Gasteiger partial charge in [-0.25, -0.2) is 4.90 Å². The zero-order valence-corrected chi connectivity index (χ0v) is 11.8. The van der Waals surface area contributed by atoms with Crippen LogP contribution in [-0.4, -0.2) is 40.1 Å². The molecule has 0 spiro atoms. The fourth-order valence-corrected chi connectivity index (χ4v) is 2.94. The predicted octanol–water partition coefficient (Wildman–Crippen LogP) is 1.41. The van der Waals surface area contributed by atoms with Crippen molar-refractivity contribution in [2.24, 2.45) is 0 Å². The number of nitrogens with zero attached hydrogens (tertiary/aromatic N) is 2. The standard InChI is InChI=1S/C16H16N2O3/c1-11(19)18-14(10-12-6-3-2-4-7-12)15(20)17-9-5-8-13(17)16(18)21/h2-4,6-7,10,13H,5,8-9H2,1H3/b14-10-/t13-/m0/s1. The van der Waals surface area contributed by atoms with Gasteiger partial charge >= 0.3 is 0 Å². The highest BCUT2D eigenvalue weighted by molar-refractivity contribution is 6.14. The van der Waals surface area contributed by atoms with Crippen molar-refractivity contribution >= 4 is 23.8 Å². The van der Waals surface area contributed by atoms with Gasteiger partial charge in [0.25, 0.3) is 11.8 Å². The first-order valence-corrected chi connectivity index (χ1v) is 7.02. The molecule has 0 aliphatic carbocycles. The first-order chi connectivity index (χ1) is 10.1. The van der Waals surface area contributed by atoms with Crippen molar-refractivity contribution in [1.29, 1.82) is 0 Å². The van der Waals surface area contributed by atoms with E-state index < -0.39 is 11.9 Å². The van der Waals surface area contributed by atoms with E-state index in [2.05, 4.69) is 0 Å². The molecule has 1 aromatic carbocycles. The lowest BCUT2D eigenvalue weighted by molar-refractivity contribution is -0.154. The second-order valence-corrected chi connectivity index (χ2v) is 5.29. The van der Waals surface area contributed by atoms with Crippen LogP contribution >= 0.6 is 0 Å². The van der Waals surface area contributed by atoms with E-state index in [9.17, 15) is 14.4 Å². The smallest absolute Gasteiger partial charge is 0.271 e. The summed E-state index contributed by atoms with van der Waals surface area (Å²) < 4.78 is 0. The molecule has 0 aromatic heterocycles. The lowest BCUT2D eigenvalue weighted by Crippen LogP contribution is -2.57. The number of benzene rings is 1. The Bertz CT molecular complexity index is 636. The number of hydrogen-bond acceptors (Lipinski definition) is 3. The van der Waals surface area contributed by atoms with Gasteiger partial charge in [0.2, 0.25) is 5.91 Å². The molecule has 2 aliphatic heterocycles. The van der Waals surface area contributed by atoms with Gasteiger partial charge in [-0.3, -0.25) is 14.4 Å². The van der Waals surface area contributed by atoms with Gasteiger partial charge in [-0.1, -0.05) is 30.3 Å². The minimum absolute atomic E-state index is 0.150. The van der Waals surface area contributed by atoms with Gasteiger partial charge in [-0.05, 0) is 24.5 Å². The van der Waals surface area contributed by atoms with Crippen molar-refractivity contribution < 1.29 is 14.4 Å². The van der Waals surface area contributed by atoms with Crippen LogP contribution in [0.1, 0.15) is 25.3 Å². The van der Waals surface area contributed by atoms with Crippen LogP contribution in [0.3, 0.4) is 0 Å². The van der Waals surface area contributed by atoms with Gasteiger partial charge in [0.15, 0.2) is 0 Å². The Kier molecular flexibility index (Phi) is 3.33.